The number of esters is 2. The van der Waals surface area contributed by atoms with Gasteiger partial charge in [-0.3, -0.25) is 14.4 Å². The standard InChI is InChI=1S/C47H89N2O6.BrH/c1-5-7-9-11-13-15-17-19-21-23-25-27-29-31-33-35-46(52)54-43-38-48(45(51)37-40-49(3,4)41-42-50)39-44-55-47(53)36-34-32-30-28-26-24-22-20-18-16-14-12-10-8-6-2;/h19-22,50H,5-18,23-44H2,1-4H3;1H/q+1;/b21-19-,22-20-;. The highest BCUT2D eigenvalue weighted by molar-refractivity contribution is 8.93. The molecule has 0 aliphatic carbocycles. The van der Waals surface area contributed by atoms with Gasteiger partial charge >= 0.3 is 11.9 Å². The highest BCUT2D eigenvalue weighted by Gasteiger charge is 2.21. The van der Waals surface area contributed by atoms with Crippen LogP contribution in [0.1, 0.15) is 200 Å². The summed E-state index contributed by atoms with van der Waals surface area (Å²) in [6.45, 7) is 6.54. The fourth-order valence-electron chi connectivity index (χ4n) is 6.66. The number of hydrogen-bond acceptors (Lipinski definition) is 6. The third-order valence-corrected chi connectivity index (χ3v) is 10.5. The molecule has 0 rings (SSSR count). The summed E-state index contributed by atoms with van der Waals surface area (Å²) in [5, 5.41) is 9.37. The summed E-state index contributed by atoms with van der Waals surface area (Å²) < 4.78 is 11.5. The number of likely N-dealkylation sites (N-methyl/N-ethyl adjacent to an activating group) is 1. The Hall–Kier alpha value is -1.71. The van der Waals surface area contributed by atoms with Gasteiger partial charge in [0.15, 0.2) is 0 Å². The minimum atomic E-state index is -0.225. The number of nitrogens with zero attached hydrogens (tertiary/aromatic N) is 2. The average molecular weight is 859 g/mol. The zero-order valence-corrected chi connectivity index (χ0v) is 38.8. The average Bonchev–Trinajstić information content (AvgIpc) is 3.16. The molecule has 0 radical (unpaired) electrons. The molecule has 0 saturated heterocycles. The van der Waals surface area contributed by atoms with Crippen molar-refractivity contribution in [1.29, 1.82) is 0 Å². The van der Waals surface area contributed by atoms with Crippen molar-refractivity contribution in [2.75, 3.05) is 60.1 Å². The summed E-state index contributed by atoms with van der Waals surface area (Å²) >= 11 is 0. The zero-order chi connectivity index (χ0) is 40.5. The third kappa shape index (κ3) is 40.5. The molecule has 0 spiro atoms. The molecule has 330 valence electrons. The number of allylic oxidation sites excluding steroid dienone is 4. The molecular weight excluding hydrogens is 768 g/mol. The second kappa shape index (κ2) is 42.9. The zero-order valence-electron chi connectivity index (χ0n) is 37.1. The van der Waals surface area contributed by atoms with Gasteiger partial charge in [0.25, 0.3) is 0 Å². The third-order valence-electron chi connectivity index (χ3n) is 10.5. The number of amides is 1. The molecule has 1 amide bonds. The van der Waals surface area contributed by atoms with Gasteiger partial charge in [0.05, 0.1) is 46.8 Å². The lowest BCUT2D eigenvalue weighted by molar-refractivity contribution is -0.890. The molecule has 0 aromatic rings. The first-order valence-corrected chi connectivity index (χ1v) is 23.1. The Kier molecular flexibility index (Phi) is 43.2. The summed E-state index contributed by atoms with van der Waals surface area (Å²) in [6.07, 6.45) is 42.0. The summed E-state index contributed by atoms with van der Waals surface area (Å²) in [7, 11) is 3.98. The summed E-state index contributed by atoms with van der Waals surface area (Å²) in [6, 6.07) is 0. The normalized spacial score (nSPS) is 11.7. The van der Waals surface area contributed by atoms with Gasteiger partial charge in [-0.1, -0.05) is 141 Å². The number of carbonyl (C=O) groups excluding carboxylic acids is 3. The van der Waals surface area contributed by atoms with Crippen LogP contribution in [0.4, 0.5) is 0 Å². The van der Waals surface area contributed by atoms with E-state index in [1.165, 1.54) is 116 Å². The SMILES string of the molecule is Br.CCCCCCCC/C=C\CCCCCCCC(=O)OCCN(CCOC(=O)CCCCCCC/C=C\CCCCCCCC)C(=O)CC[N+](C)(C)CCO. The maximum atomic E-state index is 13.2. The highest BCUT2D eigenvalue weighted by atomic mass is 79.9. The molecule has 0 heterocycles. The number of halogens is 1. The molecule has 0 saturated carbocycles. The number of aliphatic hydroxyl groups is 1. The number of ether oxygens (including phenoxy) is 2. The number of aliphatic hydroxyl groups excluding tert-OH is 1. The monoisotopic (exact) mass is 858 g/mol. The fraction of sp³-hybridized carbons (Fsp3) is 0.851. The van der Waals surface area contributed by atoms with E-state index in [2.05, 4.69) is 38.2 Å². The number of rotatable bonds is 41. The van der Waals surface area contributed by atoms with Crippen molar-refractivity contribution < 1.29 is 33.4 Å². The Balaban J connectivity index is 0. The van der Waals surface area contributed by atoms with Crippen molar-refractivity contribution in [2.24, 2.45) is 0 Å². The number of unbranched alkanes of at least 4 members (excludes halogenated alkanes) is 22. The molecule has 0 atom stereocenters. The van der Waals surface area contributed by atoms with E-state index >= 15 is 0 Å². The Bertz CT molecular complexity index is 899. The Morgan fingerprint density at radius 1 is 0.500 bits per heavy atom. The van der Waals surface area contributed by atoms with E-state index in [9.17, 15) is 19.5 Å². The molecule has 0 aliphatic heterocycles. The van der Waals surface area contributed by atoms with E-state index in [0.717, 1.165) is 51.4 Å². The first kappa shape index (κ1) is 56.4. The molecule has 0 aromatic heterocycles. The van der Waals surface area contributed by atoms with Crippen molar-refractivity contribution in [3.63, 3.8) is 0 Å². The molecule has 8 nitrogen and oxygen atoms in total. The van der Waals surface area contributed by atoms with E-state index in [0.29, 0.717) is 36.8 Å². The van der Waals surface area contributed by atoms with Crippen LogP contribution >= 0.6 is 17.0 Å². The second-order valence-electron chi connectivity index (χ2n) is 16.3. The summed E-state index contributed by atoms with van der Waals surface area (Å²) in [4.78, 5) is 39.6. The number of carbonyl (C=O) groups is 3. The second-order valence-corrected chi connectivity index (χ2v) is 16.3. The Morgan fingerprint density at radius 3 is 1.20 bits per heavy atom. The predicted molar refractivity (Wildman–Crippen MR) is 241 cm³/mol. The van der Waals surface area contributed by atoms with Crippen molar-refractivity contribution in [3.05, 3.63) is 24.3 Å². The van der Waals surface area contributed by atoms with Crippen LogP contribution in [0.25, 0.3) is 0 Å². The first-order chi connectivity index (χ1) is 26.8. The van der Waals surface area contributed by atoms with Gasteiger partial charge in [-0.05, 0) is 64.2 Å². The lowest BCUT2D eigenvalue weighted by atomic mass is 10.1. The van der Waals surface area contributed by atoms with Crippen molar-refractivity contribution in [2.45, 2.75) is 200 Å². The largest absolute Gasteiger partial charge is 0.464 e. The molecule has 0 unspecified atom stereocenters. The number of hydrogen-bond donors (Lipinski definition) is 1. The van der Waals surface area contributed by atoms with E-state index < -0.39 is 0 Å². The van der Waals surface area contributed by atoms with Crippen LogP contribution in [0.2, 0.25) is 0 Å². The minimum Gasteiger partial charge on any atom is -0.464 e. The molecule has 0 fully saturated rings. The van der Waals surface area contributed by atoms with Crippen molar-refractivity contribution >= 4 is 34.8 Å². The van der Waals surface area contributed by atoms with Gasteiger partial charge < -0.3 is 24.0 Å². The van der Waals surface area contributed by atoms with Gasteiger partial charge in [0, 0.05) is 12.8 Å². The van der Waals surface area contributed by atoms with E-state index in [1.807, 2.05) is 14.1 Å². The first-order valence-electron chi connectivity index (χ1n) is 23.1. The lowest BCUT2D eigenvalue weighted by Crippen LogP contribution is -2.45. The minimum absolute atomic E-state index is 0. The molecule has 0 aliphatic rings. The van der Waals surface area contributed by atoms with Gasteiger partial charge in [0.2, 0.25) is 5.91 Å². The molecule has 0 bridgehead atoms. The predicted octanol–water partition coefficient (Wildman–Crippen LogP) is 12.0. The fourth-order valence-corrected chi connectivity index (χ4v) is 6.66. The summed E-state index contributed by atoms with van der Waals surface area (Å²) in [5.74, 6) is -0.514. The maximum absolute atomic E-state index is 13.2. The summed E-state index contributed by atoms with van der Waals surface area (Å²) in [5.41, 5.74) is 0. The Labute approximate surface area is 356 Å². The highest BCUT2D eigenvalue weighted by Crippen LogP contribution is 2.12. The quantitative estimate of drug-likeness (QED) is 0.0285. The van der Waals surface area contributed by atoms with Crippen LogP contribution in [0.3, 0.4) is 0 Å². The molecular formula is C47H90BrN2O6+. The smallest absolute Gasteiger partial charge is 0.305 e. The van der Waals surface area contributed by atoms with Gasteiger partial charge in [-0.15, -0.1) is 17.0 Å². The molecule has 56 heavy (non-hydrogen) atoms. The van der Waals surface area contributed by atoms with Gasteiger partial charge in [0.1, 0.15) is 19.8 Å². The molecule has 9 heteroatoms. The lowest BCUT2D eigenvalue weighted by Gasteiger charge is -2.30. The van der Waals surface area contributed by atoms with Crippen LogP contribution < -0.4 is 0 Å². The van der Waals surface area contributed by atoms with Crippen LogP contribution in [-0.2, 0) is 23.9 Å². The van der Waals surface area contributed by atoms with Crippen LogP contribution in [0, 0.1) is 0 Å². The number of quaternary nitrogens is 1. The van der Waals surface area contributed by atoms with Crippen LogP contribution in [0.5, 0.6) is 0 Å². The van der Waals surface area contributed by atoms with Crippen LogP contribution in [0.15, 0.2) is 24.3 Å². The maximum Gasteiger partial charge on any atom is 0.305 e. The van der Waals surface area contributed by atoms with E-state index in [-0.39, 0.29) is 67.7 Å². The van der Waals surface area contributed by atoms with Crippen molar-refractivity contribution in [1.82, 2.24) is 4.90 Å². The molecule has 1 N–H and O–H groups in total. The topological polar surface area (TPSA) is 93.1 Å². The van der Waals surface area contributed by atoms with E-state index in [1.54, 1.807) is 4.90 Å². The molecule has 0 aromatic carbocycles. The Morgan fingerprint density at radius 2 is 0.839 bits per heavy atom. The van der Waals surface area contributed by atoms with Gasteiger partial charge in [-0.25, -0.2) is 0 Å². The van der Waals surface area contributed by atoms with Crippen molar-refractivity contribution in [3.8, 4) is 0 Å². The van der Waals surface area contributed by atoms with Gasteiger partial charge in [-0.2, -0.15) is 0 Å². The van der Waals surface area contributed by atoms with Crippen LogP contribution in [-0.4, -0.2) is 92.4 Å². The van der Waals surface area contributed by atoms with E-state index in [4.69, 9.17) is 9.47 Å².